The second-order valence-corrected chi connectivity index (χ2v) is 11.8. The number of aromatic nitrogens is 1. The lowest BCUT2D eigenvalue weighted by Gasteiger charge is -2.32. The molecule has 3 heterocycles. The number of rotatable bonds is 8. The molecule has 1 aromatic heterocycles. The fourth-order valence-corrected chi connectivity index (χ4v) is 6.56. The van der Waals surface area contributed by atoms with E-state index >= 15 is 0 Å². The van der Waals surface area contributed by atoms with Gasteiger partial charge in [0.2, 0.25) is 11.0 Å². The zero-order chi connectivity index (χ0) is 30.2. The van der Waals surface area contributed by atoms with Crippen LogP contribution < -0.4 is 4.74 Å². The number of carbonyl (C=O) groups excluding carboxylic acids is 2. The highest BCUT2D eigenvalue weighted by molar-refractivity contribution is 8.18. The number of amides is 1. The van der Waals surface area contributed by atoms with Gasteiger partial charge in [0, 0.05) is 27.7 Å². The van der Waals surface area contributed by atoms with Crippen LogP contribution in [0.15, 0.2) is 73.6 Å². The van der Waals surface area contributed by atoms with Crippen molar-refractivity contribution >= 4 is 68.7 Å². The van der Waals surface area contributed by atoms with E-state index in [0.717, 1.165) is 29.0 Å². The van der Waals surface area contributed by atoms with Crippen molar-refractivity contribution in [3.8, 4) is 11.6 Å². The van der Waals surface area contributed by atoms with Crippen molar-refractivity contribution in [2.75, 3.05) is 19.5 Å². The number of hydrogen-bond donors (Lipinski definition) is 2. The molecule has 0 bridgehead atoms. The maximum Gasteiger partial charge on any atom is 0.336 e. The molecule has 0 fully saturated rings. The Balaban J connectivity index is 1.57. The van der Waals surface area contributed by atoms with E-state index in [-0.39, 0.29) is 27.2 Å². The van der Waals surface area contributed by atoms with E-state index in [2.05, 4.69) is 20.0 Å². The molecule has 0 aliphatic carbocycles. The summed E-state index contributed by atoms with van der Waals surface area (Å²) in [6, 6.07) is 10.5. The molecule has 0 radical (unpaired) electrons. The Morgan fingerprint density at radius 2 is 1.98 bits per heavy atom. The highest BCUT2D eigenvalue weighted by atomic mass is 32.2. The predicted octanol–water partition coefficient (Wildman–Crippen LogP) is 6.14. The molecule has 0 atom stereocenters. The van der Waals surface area contributed by atoms with Crippen molar-refractivity contribution in [1.82, 2.24) is 4.57 Å². The smallest absolute Gasteiger partial charge is 0.336 e. The van der Waals surface area contributed by atoms with E-state index in [1.54, 1.807) is 34.9 Å². The van der Waals surface area contributed by atoms with Gasteiger partial charge in [0.15, 0.2) is 5.69 Å². The van der Waals surface area contributed by atoms with E-state index in [9.17, 15) is 24.6 Å². The van der Waals surface area contributed by atoms with Crippen molar-refractivity contribution < 1.29 is 34.1 Å². The third-order valence-electron chi connectivity index (χ3n) is 6.54. The second-order valence-electron chi connectivity index (χ2n) is 9.75. The van der Waals surface area contributed by atoms with Crippen LogP contribution in [-0.4, -0.2) is 57.3 Å². The molecule has 13 heteroatoms. The Labute approximate surface area is 249 Å². The van der Waals surface area contributed by atoms with Crippen molar-refractivity contribution in [1.29, 1.82) is 0 Å². The number of carboxylic acids is 1. The normalized spacial score (nSPS) is 16.7. The monoisotopic (exact) mass is 606 g/mol. The number of nitrogens with zero attached hydrogens (tertiary/aromatic N) is 4. The molecule has 0 spiro atoms. The standard InChI is InChI=1S/C29H26N4O7S2/c1-5-40-16-10-18-15(14-41-20-9-7-6-8-17(20)27(37)38)13-29(2,3)33-24(18)19(11-16)23(26(33)36)31-32-28-30-25(35)21(42-28)12-22(34)39-4/h6-13,36H,5,14H2,1-4H3,(H,37,38)/b21-12+,32-31?. The van der Waals surface area contributed by atoms with Crippen LogP contribution in [0.2, 0.25) is 0 Å². The number of aromatic carboxylic acids is 1. The zero-order valence-electron chi connectivity index (χ0n) is 23.1. The molecule has 5 rings (SSSR count). The number of amidine groups is 1. The minimum absolute atomic E-state index is 0.0121. The van der Waals surface area contributed by atoms with Crippen LogP contribution >= 0.6 is 23.5 Å². The minimum atomic E-state index is -0.995. The fraction of sp³-hybridized carbons (Fsp3) is 0.241. The number of hydrogen-bond acceptors (Lipinski definition) is 10. The molecule has 2 aliphatic rings. The number of allylic oxidation sites excluding steroid dienone is 1. The minimum Gasteiger partial charge on any atom is -0.494 e. The summed E-state index contributed by atoms with van der Waals surface area (Å²) in [6.07, 6.45) is 3.06. The Bertz CT molecular complexity index is 1770. The second kappa shape index (κ2) is 11.5. The van der Waals surface area contributed by atoms with Gasteiger partial charge in [-0.3, -0.25) is 4.79 Å². The topological polar surface area (TPSA) is 152 Å². The van der Waals surface area contributed by atoms with Crippen LogP contribution in [0.4, 0.5) is 5.69 Å². The van der Waals surface area contributed by atoms with E-state index < -0.39 is 23.4 Å². The maximum absolute atomic E-state index is 12.2. The van der Waals surface area contributed by atoms with Crippen molar-refractivity contribution in [2.24, 2.45) is 15.2 Å². The molecular formula is C29H26N4O7S2. The van der Waals surface area contributed by atoms with Crippen LogP contribution in [0.1, 0.15) is 36.7 Å². The molecule has 216 valence electrons. The van der Waals surface area contributed by atoms with Crippen LogP contribution in [-0.2, 0) is 19.9 Å². The van der Waals surface area contributed by atoms with Gasteiger partial charge < -0.3 is 24.3 Å². The van der Waals surface area contributed by atoms with E-state index in [0.29, 0.717) is 33.9 Å². The van der Waals surface area contributed by atoms with Gasteiger partial charge in [0.25, 0.3) is 5.91 Å². The summed E-state index contributed by atoms with van der Waals surface area (Å²) in [4.78, 5) is 40.0. The molecule has 2 aliphatic heterocycles. The Morgan fingerprint density at radius 1 is 1.21 bits per heavy atom. The van der Waals surface area contributed by atoms with Gasteiger partial charge in [-0.25, -0.2) is 9.59 Å². The van der Waals surface area contributed by atoms with Crippen molar-refractivity contribution in [2.45, 2.75) is 31.2 Å². The number of benzene rings is 2. The van der Waals surface area contributed by atoms with Gasteiger partial charge in [0.1, 0.15) is 5.75 Å². The van der Waals surface area contributed by atoms with E-state index in [1.807, 2.05) is 32.9 Å². The Kier molecular flexibility index (Phi) is 7.97. The lowest BCUT2D eigenvalue weighted by Crippen LogP contribution is -2.27. The number of esters is 1. The third kappa shape index (κ3) is 5.44. The molecule has 3 aromatic rings. The lowest BCUT2D eigenvalue weighted by atomic mass is 9.91. The van der Waals surface area contributed by atoms with Crippen LogP contribution in [0.5, 0.6) is 11.6 Å². The summed E-state index contributed by atoms with van der Waals surface area (Å²) in [5.74, 6) is -1.43. The molecular weight excluding hydrogens is 580 g/mol. The first-order valence-corrected chi connectivity index (χ1v) is 14.6. The number of aromatic hydroxyl groups is 1. The average molecular weight is 607 g/mol. The molecule has 0 saturated heterocycles. The number of carboxylic acid groups (broad SMARTS) is 1. The predicted molar refractivity (Wildman–Crippen MR) is 161 cm³/mol. The molecule has 42 heavy (non-hydrogen) atoms. The fourth-order valence-electron chi connectivity index (χ4n) is 4.83. The quantitative estimate of drug-likeness (QED) is 0.133. The molecule has 0 saturated carbocycles. The highest BCUT2D eigenvalue weighted by Crippen LogP contribution is 2.50. The van der Waals surface area contributed by atoms with E-state index in [1.165, 1.54) is 18.9 Å². The molecule has 0 unspecified atom stereocenters. The summed E-state index contributed by atoms with van der Waals surface area (Å²) in [6.45, 7) is 6.16. The van der Waals surface area contributed by atoms with Crippen LogP contribution in [0, 0.1) is 0 Å². The molecule has 2 aromatic carbocycles. The molecule has 2 N–H and O–H groups in total. The van der Waals surface area contributed by atoms with Crippen molar-refractivity contribution in [3.63, 3.8) is 0 Å². The third-order valence-corrected chi connectivity index (χ3v) is 8.53. The first kappa shape index (κ1) is 29.1. The van der Waals surface area contributed by atoms with Gasteiger partial charge in [-0.2, -0.15) is 4.99 Å². The number of ether oxygens (including phenoxy) is 2. The van der Waals surface area contributed by atoms with Crippen molar-refractivity contribution in [3.05, 3.63) is 64.6 Å². The summed E-state index contributed by atoms with van der Waals surface area (Å²) in [7, 11) is 1.20. The largest absolute Gasteiger partial charge is 0.494 e. The summed E-state index contributed by atoms with van der Waals surface area (Å²) < 4.78 is 12.2. The molecule has 1 amide bonds. The first-order valence-electron chi connectivity index (χ1n) is 12.8. The number of azo groups is 1. The summed E-state index contributed by atoms with van der Waals surface area (Å²) in [5, 5.41) is 30.1. The summed E-state index contributed by atoms with van der Waals surface area (Å²) >= 11 is 2.29. The highest BCUT2D eigenvalue weighted by Gasteiger charge is 2.34. The van der Waals surface area contributed by atoms with Gasteiger partial charge in [-0.1, -0.05) is 18.2 Å². The van der Waals surface area contributed by atoms with Gasteiger partial charge in [0.05, 0.1) is 35.2 Å². The van der Waals surface area contributed by atoms with E-state index in [4.69, 9.17) is 4.74 Å². The summed E-state index contributed by atoms with van der Waals surface area (Å²) in [5.41, 5.74) is 2.15. The van der Waals surface area contributed by atoms with Gasteiger partial charge >= 0.3 is 11.9 Å². The number of carbonyl (C=O) groups is 3. The van der Waals surface area contributed by atoms with Gasteiger partial charge in [-0.05, 0) is 62.4 Å². The first-order chi connectivity index (χ1) is 20.0. The number of thioether (sulfide) groups is 2. The van der Waals surface area contributed by atoms with Crippen LogP contribution in [0.3, 0.4) is 0 Å². The number of aliphatic imine (C=N–C) groups is 1. The van der Waals surface area contributed by atoms with Gasteiger partial charge in [-0.15, -0.1) is 22.0 Å². The molecule has 11 nitrogen and oxygen atoms in total. The SMILES string of the molecule is CCOc1cc2c3c(c1)c(N=NC1=NC(=O)/C(=C\C(=O)OC)S1)c(O)n3C(C)(C)C=C2CSc1ccccc1C(=O)O. The zero-order valence-corrected chi connectivity index (χ0v) is 24.7. The maximum atomic E-state index is 12.2. The van der Waals surface area contributed by atoms with Crippen LogP contribution in [0.25, 0.3) is 16.5 Å². The number of methoxy groups -OCH3 is 1. The average Bonchev–Trinajstić information content (AvgIpc) is 3.44. The Morgan fingerprint density at radius 3 is 2.69 bits per heavy atom. The lowest BCUT2D eigenvalue weighted by molar-refractivity contribution is -0.135. The Hall–Kier alpha value is -4.36.